The lowest BCUT2D eigenvalue weighted by Crippen LogP contribution is -2.03. The third kappa shape index (κ3) is 2.61. The van der Waals surface area contributed by atoms with E-state index in [2.05, 4.69) is 6.07 Å². The molecule has 2 rings (SSSR count). The average molecular weight is 238 g/mol. The second kappa shape index (κ2) is 5.24. The number of rotatable bonds is 2. The Bertz CT molecular complexity index is 572. The fourth-order valence-corrected chi connectivity index (χ4v) is 1.81. The first-order chi connectivity index (χ1) is 8.72. The smallest absolute Gasteiger partial charge is 0.118 e. The van der Waals surface area contributed by atoms with Gasteiger partial charge >= 0.3 is 0 Å². The van der Waals surface area contributed by atoms with E-state index in [0.29, 0.717) is 12.0 Å². The van der Waals surface area contributed by atoms with Crippen molar-refractivity contribution in [3.05, 3.63) is 58.8 Å². The van der Waals surface area contributed by atoms with Crippen molar-refractivity contribution in [1.82, 2.24) is 0 Å². The van der Waals surface area contributed by atoms with E-state index in [1.807, 2.05) is 30.3 Å². The molecule has 3 nitrogen and oxygen atoms in total. The third-order valence-corrected chi connectivity index (χ3v) is 2.78. The Balaban J connectivity index is 2.30. The number of hydrogen-bond acceptors (Lipinski definition) is 3. The van der Waals surface area contributed by atoms with E-state index in [1.165, 1.54) is 0 Å². The Labute approximate surface area is 106 Å². The summed E-state index contributed by atoms with van der Waals surface area (Å²) in [6, 6.07) is 9.88. The van der Waals surface area contributed by atoms with Crippen molar-refractivity contribution in [1.29, 1.82) is 5.26 Å². The summed E-state index contributed by atoms with van der Waals surface area (Å²) in [7, 11) is 1.64. The normalized spacial score (nSPS) is 16.8. The number of allylic oxidation sites excluding steroid dienone is 4. The van der Waals surface area contributed by atoms with Gasteiger partial charge < -0.3 is 10.5 Å². The van der Waals surface area contributed by atoms with Gasteiger partial charge in [0.1, 0.15) is 5.75 Å². The number of nitrogens with two attached hydrogens (primary N) is 1. The number of hydrogen-bond donors (Lipinski definition) is 1. The predicted octanol–water partition coefficient (Wildman–Crippen LogP) is 2.77. The van der Waals surface area contributed by atoms with E-state index in [-0.39, 0.29) is 0 Å². The van der Waals surface area contributed by atoms with Crippen molar-refractivity contribution >= 4 is 6.08 Å². The summed E-state index contributed by atoms with van der Waals surface area (Å²) in [5, 5.41) is 9.06. The molecule has 18 heavy (non-hydrogen) atoms. The fourth-order valence-electron chi connectivity index (χ4n) is 1.81. The molecule has 2 N–H and O–H groups in total. The van der Waals surface area contributed by atoms with Crippen LogP contribution in [0.1, 0.15) is 12.0 Å². The van der Waals surface area contributed by atoms with E-state index in [0.717, 1.165) is 22.6 Å². The van der Waals surface area contributed by atoms with Crippen LogP contribution in [0.2, 0.25) is 0 Å². The van der Waals surface area contributed by atoms with Crippen LogP contribution >= 0.6 is 0 Å². The van der Waals surface area contributed by atoms with Crippen LogP contribution in [0.4, 0.5) is 0 Å². The summed E-state index contributed by atoms with van der Waals surface area (Å²) < 4.78 is 5.10. The molecular formula is C15H14N2O. The van der Waals surface area contributed by atoms with Gasteiger partial charge in [-0.3, -0.25) is 0 Å². The van der Waals surface area contributed by atoms with E-state index < -0.39 is 0 Å². The SMILES string of the molecule is COc1ccc(C=C2CC(N)=CC=C2C#N)cc1. The minimum absolute atomic E-state index is 0.616. The zero-order chi connectivity index (χ0) is 13.0. The van der Waals surface area contributed by atoms with Crippen molar-refractivity contribution in [2.24, 2.45) is 5.73 Å². The number of methoxy groups -OCH3 is 1. The maximum absolute atomic E-state index is 9.06. The van der Waals surface area contributed by atoms with Crippen LogP contribution < -0.4 is 10.5 Å². The molecule has 0 radical (unpaired) electrons. The zero-order valence-corrected chi connectivity index (χ0v) is 10.2. The lowest BCUT2D eigenvalue weighted by atomic mass is 9.95. The molecule has 0 aromatic heterocycles. The minimum Gasteiger partial charge on any atom is -0.497 e. The van der Waals surface area contributed by atoms with Crippen molar-refractivity contribution in [3.8, 4) is 11.8 Å². The number of nitriles is 1. The molecular weight excluding hydrogens is 224 g/mol. The number of ether oxygens (including phenoxy) is 1. The molecule has 1 aliphatic carbocycles. The highest BCUT2D eigenvalue weighted by Gasteiger charge is 2.10. The summed E-state index contributed by atoms with van der Waals surface area (Å²) in [6.45, 7) is 0. The van der Waals surface area contributed by atoms with Gasteiger partial charge in [-0.25, -0.2) is 0 Å². The molecule has 0 aliphatic heterocycles. The molecule has 1 aromatic rings. The van der Waals surface area contributed by atoms with E-state index >= 15 is 0 Å². The van der Waals surface area contributed by atoms with Crippen LogP contribution in [0.5, 0.6) is 5.75 Å². The molecule has 0 unspecified atom stereocenters. The van der Waals surface area contributed by atoms with Gasteiger partial charge in [0.05, 0.1) is 18.8 Å². The Hall–Kier alpha value is -2.47. The monoisotopic (exact) mass is 238 g/mol. The molecule has 0 atom stereocenters. The van der Waals surface area contributed by atoms with Crippen LogP contribution in [-0.2, 0) is 0 Å². The second-order valence-electron chi connectivity index (χ2n) is 4.05. The molecule has 0 bridgehead atoms. The average Bonchev–Trinajstić information content (AvgIpc) is 2.40. The summed E-state index contributed by atoms with van der Waals surface area (Å²) >= 11 is 0. The van der Waals surface area contributed by atoms with Crippen LogP contribution in [-0.4, -0.2) is 7.11 Å². The quantitative estimate of drug-likeness (QED) is 0.861. The van der Waals surface area contributed by atoms with Crippen molar-refractivity contribution in [2.45, 2.75) is 6.42 Å². The van der Waals surface area contributed by atoms with E-state index in [1.54, 1.807) is 19.3 Å². The molecule has 1 aromatic carbocycles. The summed E-state index contributed by atoms with van der Waals surface area (Å²) in [5.74, 6) is 0.816. The number of nitrogens with zero attached hydrogens (tertiary/aromatic N) is 1. The van der Waals surface area contributed by atoms with Crippen LogP contribution in [0.15, 0.2) is 53.3 Å². The zero-order valence-electron chi connectivity index (χ0n) is 10.2. The maximum Gasteiger partial charge on any atom is 0.118 e. The third-order valence-electron chi connectivity index (χ3n) is 2.78. The molecule has 0 heterocycles. The molecule has 90 valence electrons. The standard InChI is InChI=1S/C15H14N2O/c1-18-15-6-2-11(3-7-15)8-13-9-14(17)5-4-12(13)10-16/h2-8H,9,17H2,1H3. The Morgan fingerprint density at radius 3 is 2.61 bits per heavy atom. The first-order valence-corrected chi connectivity index (χ1v) is 5.64. The molecule has 0 amide bonds. The van der Waals surface area contributed by atoms with Gasteiger partial charge in [0, 0.05) is 12.1 Å². The van der Waals surface area contributed by atoms with Crippen LogP contribution in [0.25, 0.3) is 6.08 Å². The lowest BCUT2D eigenvalue weighted by molar-refractivity contribution is 0.415. The van der Waals surface area contributed by atoms with Gasteiger partial charge in [-0.1, -0.05) is 18.2 Å². The van der Waals surface area contributed by atoms with Gasteiger partial charge in [0.25, 0.3) is 0 Å². The summed E-state index contributed by atoms with van der Waals surface area (Å²) in [6.07, 6.45) is 6.14. The fraction of sp³-hybridized carbons (Fsp3) is 0.133. The molecule has 0 fully saturated rings. The highest BCUT2D eigenvalue weighted by atomic mass is 16.5. The molecule has 0 saturated carbocycles. The Kier molecular flexibility index (Phi) is 3.49. The van der Waals surface area contributed by atoms with Gasteiger partial charge in [-0.05, 0) is 35.4 Å². The Morgan fingerprint density at radius 2 is 2.00 bits per heavy atom. The van der Waals surface area contributed by atoms with Gasteiger partial charge in [0.2, 0.25) is 0 Å². The highest BCUT2D eigenvalue weighted by Crippen LogP contribution is 2.24. The molecule has 1 aliphatic rings. The van der Waals surface area contributed by atoms with Crippen molar-refractivity contribution < 1.29 is 4.74 Å². The molecule has 0 saturated heterocycles. The van der Waals surface area contributed by atoms with Crippen LogP contribution in [0.3, 0.4) is 0 Å². The topological polar surface area (TPSA) is 59.0 Å². The van der Waals surface area contributed by atoms with E-state index in [4.69, 9.17) is 15.7 Å². The van der Waals surface area contributed by atoms with Crippen molar-refractivity contribution in [2.75, 3.05) is 7.11 Å². The largest absolute Gasteiger partial charge is 0.497 e. The second-order valence-corrected chi connectivity index (χ2v) is 4.05. The summed E-state index contributed by atoms with van der Waals surface area (Å²) in [5.41, 5.74) is 9.20. The van der Waals surface area contributed by atoms with Gasteiger partial charge in [-0.2, -0.15) is 5.26 Å². The Morgan fingerprint density at radius 1 is 1.28 bits per heavy atom. The van der Waals surface area contributed by atoms with Gasteiger partial charge in [0.15, 0.2) is 0 Å². The number of benzene rings is 1. The molecule has 3 heteroatoms. The summed E-state index contributed by atoms with van der Waals surface area (Å²) in [4.78, 5) is 0. The predicted molar refractivity (Wildman–Crippen MR) is 71.6 cm³/mol. The highest BCUT2D eigenvalue weighted by molar-refractivity contribution is 5.64. The van der Waals surface area contributed by atoms with Gasteiger partial charge in [-0.15, -0.1) is 0 Å². The first-order valence-electron chi connectivity index (χ1n) is 5.64. The minimum atomic E-state index is 0.616. The molecule has 0 spiro atoms. The van der Waals surface area contributed by atoms with E-state index in [9.17, 15) is 0 Å². The maximum atomic E-state index is 9.06. The van der Waals surface area contributed by atoms with Crippen LogP contribution in [0, 0.1) is 11.3 Å². The first kappa shape index (κ1) is 12.0. The lowest BCUT2D eigenvalue weighted by Gasteiger charge is -2.11. The van der Waals surface area contributed by atoms with Crippen molar-refractivity contribution in [3.63, 3.8) is 0 Å².